The standard InChI is InChI=1S/C50H30N2O2/c1-3-12-31(13-4-1)36-19-11-21-47-48(36)42-29-40(37-16-7-8-18-39(37)49(42)54-47)32-22-24-33(25-23-32)43-30-44(52-50(51-43)34-14-5-2-6-15-34)35-26-27-46-41(28-35)38-17-9-10-20-45(38)53-46/h1-30H. The molecule has 0 unspecified atom stereocenters. The van der Waals surface area contributed by atoms with Crippen LogP contribution in [0.3, 0.4) is 0 Å². The molecule has 3 aromatic heterocycles. The van der Waals surface area contributed by atoms with Crippen LogP contribution in [-0.2, 0) is 0 Å². The number of fused-ring (bicyclic) bond motifs is 8. The monoisotopic (exact) mass is 690 g/mol. The van der Waals surface area contributed by atoms with E-state index in [0.29, 0.717) is 5.82 Å². The van der Waals surface area contributed by atoms with Crippen molar-refractivity contribution in [3.63, 3.8) is 0 Å². The highest BCUT2D eigenvalue weighted by Gasteiger charge is 2.18. The third-order valence-corrected chi connectivity index (χ3v) is 10.5. The van der Waals surface area contributed by atoms with Crippen LogP contribution in [0.25, 0.3) is 111 Å². The van der Waals surface area contributed by atoms with E-state index in [0.717, 1.165) is 99.4 Å². The molecule has 4 heteroatoms. The van der Waals surface area contributed by atoms with Crippen LogP contribution in [0.2, 0.25) is 0 Å². The van der Waals surface area contributed by atoms with Crippen LogP contribution in [0.1, 0.15) is 0 Å². The highest BCUT2D eigenvalue weighted by Crippen LogP contribution is 2.43. The van der Waals surface area contributed by atoms with Crippen LogP contribution in [0.15, 0.2) is 191 Å². The molecular formula is C50H30N2O2. The van der Waals surface area contributed by atoms with Gasteiger partial charge in [-0.1, -0.05) is 140 Å². The second-order valence-electron chi connectivity index (χ2n) is 13.7. The summed E-state index contributed by atoms with van der Waals surface area (Å²) in [5, 5.41) is 6.64. The maximum absolute atomic E-state index is 6.61. The minimum absolute atomic E-state index is 0.682. The lowest BCUT2D eigenvalue weighted by Gasteiger charge is -2.12. The third kappa shape index (κ3) is 4.92. The van der Waals surface area contributed by atoms with Gasteiger partial charge < -0.3 is 8.83 Å². The molecule has 0 aliphatic rings. The Morgan fingerprint density at radius 1 is 0.315 bits per heavy atom. The lowest BCUT2D eigenvalue weighted by Crippen LogP contribution is -1.96. The van der Waals surface area contributed by atoms with Gasteiger partial charge >= 0.3 is 0 Å². The quantitative estimate of drug-likeness (QED) is 0.180. The summed E-state index contributed by atoms with van der Waals surface area (Å²) in [6.07, 6.45) is 0. The highest BCUT2D eigenvalue weighted by atomic mass is 16.3. The number of furan rings is 2. The maximum atomic E-state index is 6.61. The lowest BCUT2D eigenvalue weighted by molar-refractivity contribution is 0.669. The number of hydrogen-bond acceptors (Lipinski definition) is 4. The Bertz CT molecular complexity index is 3200. The summed E-state index contributed by atoms with van der Waals surface area (Å²) in [6, 6.07) is 63.2. The number of benzene rings is 8. The van der Waals surface area contributed by atoms with Crippen LogP contribution in [0.5, 0.6) is 0 Å². The van der Waals surface area contributed by atoms with Crippen molar-refractivity contribution in [2.24, 2.45) is 0 Å². The SMILES string of the molecule is c1ccc(-c2nc(-c3ccc(-c4cc5c(oc6cccc(-c7ccccc7)c65)c5ccccc45)cc3)cc(-c3ccc4oc5ccccc5c4c3)n2)cc1. The average Bonchev–Trinajstić information content (AvgIpc) is 3.82. The van der Waals surface area contributed by atoms with Crippen molar-refractivity contribution < 1.29 is 8.83 Å². The van der Waals surface area contributed by atoms with Crippen LogP contribution >= 0.6 is 0 Å². The molecular weight excluding hydrogens is 661 g/mol. The van der Waals surface area contributed by atoms with Crippen molar-refractivity contribution >= 4 is 54.6 Å². The van der Waals surface area contributed by atoms with Gasteiger partial charge in [0.05, 0.1) is 11.4 Å². The van der Waals surface area contributed by atoms with Gasteiger partial charge in [0, 0.05) is 43.6 Å². The van der Waals surface area contributed by atoms with Crippen molar-refractivity contribution in [3.05, 3.63) is 182 Å². The first-order valence-corrected chi connectivity index (χ1v) is 18.1. The minimum atomic E-state index is 0.682. The Labute approximate surface area is 310 Å². The molecule has 11 rings (SSSR count). The van der Waals surface area contributed by atoms with E-state index >= 15 is 0 Å². The second-order valence-corrected chi connectivity index (χ2v) is 13.7. The maximum Gasteiger partial charge on any atom is 0.160 e. The third-order valence-electron chi connectivity index (χ3n) is 10.5. The Hall–Kier alpha value is -7.30. The number of rotatable bonds is 5. The fourth-order valence-electron chi connectivity index (χ4n) is 7.91. The topological polar surface area (TPSA) is 52.1 Å². The smallest absolute Gasteiger partial charge is 0.160 e. The first-order valence-electron chi connectivity index (χ1n) is 18.1. The van der Waals surface area contributed by atoms with Gasteiger partial charge in [-0.15, -0.1) is 0 Å². The summed E-state index contributed by atoms with van der Waals surface area (Å²) in [6.45, 7) is 0. The minimum Gasteiger partial charge on any atom is -0.456 e. The molecule has 11 aromatic rings. The van der Waals surface area contributed by atoms with Crippen LogP contribution < -0.4 is 0 Å². The summed E-state index contributed by atoms with van der Waals surface area (Å²) >= 11 is 0. The van der Waals surface area contributed by atoms with E-state index < -0.39 is 0 Å². The van der Waals surface area contributed by atoms with E-state index in [1.807, 2.05) is 42.5 Å². The molecule has 54 heavy (non-hydrogen) atoms. The molecule has 0 aliphatic heterocycles. The Balaban J connectivity index is 1.06. The summed E-state index contributed by atoms with van der Waals surface area (Å²) in [5.41, 5.74) is 12.8. The predicted octanol–water partition coefficient (Wildman–Crippen LogP) is 13.8. The number of para-hydroxylation sites is 1. The Kier molecular flexibility index (Phi) is 6.82. The zero-order valence-electron chi connectivity index (χ0n) is 29.0. The largest absolute Gasteiger partial charge is 0.456 e. The van der Waals surface area contributed by atoms with Crippen molar-refractivity contribution in [1.29, 1.82) is 0 Å². The van der Waals surface area contributed by atoms with Crippen molar-refractivity contribution in [1.82, 2.24) is 9.97 Å². The van der Waals surface area contributed by atoms with Gasteiger partial charge in [0.15, 0.2) is 5.82 Å². The van der Waals surface area contributed by atoms with Crippen molar-refractivity contribution in [2.45, 2.75) is 0 Å². The van der Waals surface area contributed by atoms with E-state index in [4.69, 9.17) is 18.8 Å². The molecule has 0 aliphatic carbocycles. The summed E-state index contributed by atoms with van der Waals surface area (Å²) in [4.78, 5) is 10.2. The Morgan fingerprint density at radius 2 is 0.907 bits per heavy atom. The summed E-state index contributed by atoms with van der Waals surface area (Å²) in [5.74, 6) is 0.682. The van der Waals surface area contributed by atoms with E-state index in [9.17, 15) is 0 Å². The summed E-state index contributed by atoms with van der Waals surface area (Å²) < 4.78 is 12.7. The van der Waals surface area contributed by atoms with E-state index in [1.165, 1.54) is 5.56 Å². The lowest BCUT2D eigenvalue weighted by atomic mass is 9.93. The zero-order chi connectivity index (χ0) is 35.6. The molecule has 0 bridgehead atoms. The molecule has 0 atom stereocenters. The molecule has 0 saturated heterocycles. The average molecular weight is 691 g/mol. The van der Waals surface area contributed by atoms with E-state index in [1.54, 1.807) is 0 Å². The molecule has 8 aromatic carbocycles. The summed E-state index contributed by atoms with van der Waals surface area (Å²) in [7, 11) is 0. The molecule has 3 heterocycles. The first-order chi connectivity index (χ1) is 26.7. The number of aromatic nitrogens is 2. The van der Waals surface area contributed by atoms with Gasteiger partial charge in [-0.25, -0.2) is 9.97 Å². The fraction of sp³-hybridized carbons (Fsp3) is 0. The first kappa shape index (κ1) is 30.3. The van der Waals surface area contributed by atoms with Gasteiger partial charge in [0.2, 0.25) is 0 Å². The molecule has 0 saturated carbocycles. The molecule has 4 nitrogen and oxygen atoms in total. The highest BCUT2D eigenvalue weighted by molar-refractivity contribution is 6.22. The molecule has 252 valence electrons. The predicted molar refractivity (Wildman–Crippen MR) is 221 cm³/mol. The molecule has 0 N–H and O–H groups in total. The van der Waals surface area contributed by atoms with Crippen molar-refractivity contribution in [3.8, 4) is 56.2 Å². The molecule has 0 fully saturated rings. The Morgan fingerprint density at radius 3 is 1.70 bits per heavy atom. The van der Waals surface area contributed by atoms with E-state index in [-0.39, 0.29) is 0 Å². The van der Waals surface area contributed by atoms with Crippen LogP contribution in [0.4, 0.5) is 0 Å². The van der Waals surface area contributed by atoms with Gasteiger partial charge in [0.25, 0.3) is 0 Å². The molecule has 0 radical (unpaired) electrons. The molecule has 0 amide bonds. The van der Waals surface area contributed by atoms with Crippen LogP contribution in [0, 0.1) is 0 Å². The van der Waals surface area contributed by atoms with Gasteiger partial charge in [-0.2, -0.15) is 0 Å². The number of nitrogens with zero attached hydrogens (tertiary/aromatic N) is 2. The zero-order valence-corrected chi connectivity index (χ0v) is 29.0. The fourth-order valence-corrected chi connectivity index (χ4v) is 7.91. The van der Waals surface area contributed by atoms with Gasteiger partial charge in [-0.3, -0.25) is 0 Å². The normalized spacial score (nSPS) is 11.7. The number of hydrogen-bond donors (Lipinski definition) is 0. The van der Waals surface area contributed by atoms with Crippen molar-refractivity contribution in [2.75, 3.05) is 0 Å². The van der Waals surface area contributed by atoms with Crippen LogP contribution in [-0.4, -0.2) is 9.97 Å². The van der Waals surface area contributed by atoms with E-state index in [2.05, 4.69) is 140 Å². The second kappa shape index (κ2) is 12.1. The van der Waals surface area contributed by atoms with Gasteiger partial charge in [0.1, 0.15) is 22.3 Å². The van der Waals surface area contributed by atoms with Gasteiger partial charge in [-0.05, 0) is 70.1 Å². The molecule has 0 spiro atoms.